The molecule has 0 radical (unpaired) electrons. The lowest BCUT2D eigenvalue weighted by atomic mass is 9.67. The lowest BCUT2D eigenvalue weighted by Crippen LogP contribution is -2.46. The SMILES string of the molecule is CCNC(=NCC(C)(C)CO)NCC1(CC)CCC1.I. The van der Waals surface area contributed by atoms with Gasteiger partial charge in [-0.3, -0.25) is 4.99 Å². The molecule has 5 heteroatoms. The van der Waals surface area contributed by atoms with E-state index in [2.05, 4.69) is 29.5 Å². The Bertz CT molecular complexity index is 296. The van der Waals surface area contributed by atoms with Gasteiger partial charge in [-0.2, -0.15) is 0 Å². The zero-order valence-corrected chi connectivity index (χ0v) is 15.8. The van der Waals surface area contributed by atoms with Crippen LogP contribution in [-0.2, 0) is 0 Å². The van der Waals surface area contributed by atoms with Crippen molar-refractivity contribution < 1.29 is 5.11 Å². The Morgan fingerprint density at radius 2 is 1.90 bits per heavy atom. The molecule has 0 aromatic rings. The largest absolute Gasteiger partial charge is 0.396 e. The van der Waals surface area contributed by atoms with Crippen LogP contribution in [0, 0.1) is 10.8 Å². The molecular formula is C15H32IN3O. The summed E-state index contributed by atoms with van der Waals surface area (Å²) in [5.74, 6) is 0.878. The second-order valence-electron chi connectivity index (χ2n) is 6.58. The second-order valence-corrected chi connectivity index (χ2v) is 6.58. The Morgan fingerprint density at radius 3 is 2.30 bits per heavy atom. The predicted octanol–water partition coefficient (Wildman–Crippen LogP) is 2.76. The molecule has 0 aliphatic heterocycles. The van der Waals surface area contributed by atoms with Crippen molar-refractivity contribution in [3.05, 3.63) is 0 Å². The van der Waals surface area contributed by atoms with Gasteiger partial charge >= 0.3 is 0 Å². The standard InChI is InChI=1S/C15H31N3O.HI/c1-5-15(8-7-9-15)11-18-13(16-6-2)17-10-14(3,4)12-19;/h19H,5-12H2,1-4H3,(H2,16,17,18);1H. The van der Waals surface area contributed by atoms with Crippen LogP contribution in [0.2, 0.25) is 0 Å². The summed E-state index contributed by atoms with van der Waals surface area (Å²) in [7, 11) is 0. The molecule has 0 bridgehead atoms. The van der Waals surface area contributed by atoms with Gasteiger partial charge in [0.25, 0.3) is 0 Å². The lowest BCUT2D eigenvalue weighted by Gasteiger charge is -2.41. The van der Waals surface area contributed by atoms with E-state index < -0.39 is 0 Å². The monoisotopic (exact) mass is 397 g/mol. The highest BCUT2D eigenvalue weighted by Crippen LogP contribution is 2.42. The number of aliphatic hydroxyl groups excluding tert-OH is 1. The molecule has 1 aliphatic carbocycles. The normalized spacial score (nSPS) is 17.9. The van der Waals surface area contributed by atoms with Gasteiger partial charge in [0.1, 0.15) is 0 Å². The molecule has 0 unspecified atom stereocenters. The van der Waals surface area contributed by atoms with Crippen LogP contribution in [0.15, 0.2) is 4.99 Å². The number of hydrogen-bond acceptors (Lipinski definition) is 2. The van der Waals surface area contributed by atoms with Crippen LogP contribution in [0.3, 0.4) is 0 Å². The van der Waals surface area contributed by atoms with Crippen molar-refractivity contribution in [2.24, 2.45) is 15.8 Å². The third-order valence-corrected chi connectivity index (χ3v) is 4.23. The first-order valence-electron chi connectivity index (χ1n) is 7.60. The molecule has 0 saturated heterocycles. The molecular weight excluding hydrogens is 365 g/mol. The van der Waals surface area contributed by atoms with Crippen LogP contribution in [0.1, 0.15) is 53.4 Å². The number of halogens is 1. The molecule has 1 fully saturated rings. The minimum absolute atomic E-state index is 0. The third kappa shape index (κ3) is 6.16. The van der Waals surface area contributed by atoms with Crippen molar-refractivity contribution in [1.82, 2.24) is 10.6 Å². The van der Waals surface area contributed by atoms with Gasteiger partial charge in [0.05, 0.1) is 6.54 Å². The first kappa shape index (κ1) is 20.0. The van der Waals surface area contributed by atoms with Crippen molar-refractivity contribution in [3.8, 4) is 0 Å². The summed E-state index contributed by atoms with van der Waals surface area (Å²) >= 11 is 0. The van der Waals surface area contributed by atoms with Gasteiger partial charge in [0.2, 0.25) is 0 Å². The number of nitrogens with one attached hydrogen (secondary N) is 2. The van der Waals surface area contributed by atoms with Crippen LogP contribution < -0.4 is 10.6 Å². The summed E-state index contributed by atoms with van der Waals surface area (Å²) < 4.78 is 0. The molecule has 0 aromatic carbocycles. The van der Waals surface area contributed by atoms with E-state index in [9.17, 15) is 5.11 Å². The molecule has 4 nitrogen and oxygen atoms in total. The van der Waals surface area contributed by atoms with E-state index in [-0.39, 0.29) is 36.0 Å². The zero-order valence-electron chi connectivity index (χ0n) is 13.5. The first-order valence-corrected chi connectivity index (χ1v) is 7.60. The fraction of sp³-hybridized carbons (Fsp3) is 0.933. The maximum atomic E-state index is 9.27. The Hall–Kier alpha value is -0.0400. The Morgan fingerprint density at radius 1 is 1.25 bits per heavy atom. The number of hydrogen-bond donors (Lipinski definition) is 3. The summed E-state index contributed by atoms with van der Waals surface area (Å²) in [5.41, 5.74) is 0.337. The van der Waals surface area contributed by atoms with Crippen molar-refractivity contribution >= 4 is 29.9 Å². The zero-order chi connectivity index (χ0) is 14.4. The number of rotatable bonds is 7. The van der Waals surface area contributed by atoms with E-state index in [4.69, 9.17) is 0 Å². The Labute approximate surface area is 141 Å². The molecule has 3 N–H and O–H groups in total. The quantitative estimate of drug-likeness (QED) is 0.352. The van der Waals surface area contributed by atoms with Crippen LogP contribution in [-0.4, -0.2) is 37.3 Å². The number of aliphatic imine (C=N–C) groups is 1. The van der Waals surface area contributed by atoms with E-state index >= 15 is 0 Å². The van der Waals surface area contributed by atoms with Gasteiger partial charge in [0, 0.05) is 25.1 Å². The molecule has 1 aliphatic rings. The minimum Gasteiger partial charge on any atom is -0.396 e. The Balaban J connectivity index is 0.00000361. The molecule has 0 spiro atoms. The Kier molecular flexibility index (Phi) is 9.06. The van der Waals surface area contributed by atoms with E-state index in [1.807, 2.05) is 13.8 Å². The van der Waals surface area contributed by atoms with E-state index in [1.165, 1.54) is 25.7 Å². The first-order chi connectivity index (χ1) is 8.97. The number of guanidine groups is 1. The van der Waals surface area contributed by atoms with Crippen LogP contribution >= 0.6 is 24.0 Å². The molecule has 0 aromatic heterocycles. The van der Waals surface area contributed by atoms with Crippen LogP contribution in [0.5, 0.6) is 0 Å². The number of nitrogens with zero attached hydrogens (tertiary/aromatic N) is 1. The molecule has 0 heterocycles. The lowest BCUT2D eigenvalue weighted by molar-refractivity contribution is 0.131. The maximum absolute atomic E-state index is 9.27. The van der Waals surface area contributed by atoms with E-state index in [0.717, 1.165) is 19.0 Å². The highest BCUT2D eigenvalue weighted by atomic mass is 127. The van der Waals surface area contributed by atoms with Crippen LogP contribution in [0.4, 0.5) is 0 Å². The fourth-order valence-corrected chi connectivity index (χ4v) is 2.29. The second kappa shape index (κ2) is 9.07. The highest BCUT2D eigenvalue weighted by molar-refractivity contribution is 14.0. The van der Waals surface area contributed by atoms with Gasteiger partial charge in [0.15, 0.2) is 5.96 Å². The van der Waals surface area contributed by atoms with E-state index in [0.29, 0.717) is 12.0 Å². The van der Waals surface area contributed by atoms with Crippen molar-refractivity contribution in [2.45, 2.75) is 53.4 Å². The summed E-state index contributed by atoms with van der Waals surface area (Å²) in [5, 5.41) is 16.0. The van der Waals surface area contributed by atoms with Crippen molar-refractivity contribution in [2.75, 3.05) is 26.2 Å². The summed E-state index contributed by atoms with van der Waals surface area (Å²) in [6.07, 6.45) is 5.26. The third-order valence-electron chi connectivity index (χ3n) is 4.23. The average Bonchev–Trinajstić information content (AvgIpc) is 2.35. The van der Waals surface area contributed by atoms with Gasteiger partial charge in [-0.1, -0.05) is 27.2 Å². The van der Waals surface area contributed by atoms with Gasteiger partial charge < -0.3 is 15.7 Å². The molecule has 120 valence electrons. The van der Waals surface area contributed by atoms with Crippen molar-refractivity contribution in [3.63, 3.8) is 0 Å². The molecule has 0 amide bonds. The topological polar surface area (TPSA) is 56.7 Å². The van der Waals surface area contributed by atoms with E-state index in [1.54, 1.807) is 0 Å². The summed E-state index contributed by atoms with van der Waals surface area (Å²) in [6.45, 7) is 11.1. The van der Waals surface area contributed by atoms with Crippen molar-refractivity contribution in [1.29, 1.82) is 0 Å². The molecule has 1 saturated carbocycles. The highest BCUT2D eigenvalue weighted by Gasteiger charge is 2.34. The fourth-order valence-electron chi connectivity index (χ4n) is 2.29. The molecule has 1 rings (SSSR count). The average molecular weight is 397 g/mol. The number of aliphatic hydroxyl groups is 1. The molecule has 20 heavy (non-hydrogen) atoms. The minimum atomic E-state index is -0.152. The van der Waals surface area contributed by atoms with Gasteiger partial charge in [-0.15, -0.1) is 24.0 Å². The molecule has 0 atom stereocenters. The summed E-state index contributed by atoms with van der Waals surface area (Å²) in [4.78, 5) is 4.59. The van der Waals surface area contributed by atoms with Gasteiger partial charge in [-0.05, 0) is 31.6 Å². The predicted molar refractivity (Wildman–Crippen MR) is 96.8 cm³/mol. The smallest absolute Gasteiger partial charge is 0.191 e. The van der Waals surface area contributed by atoms with Gasteiger partial charge in [-0.25, -0.2) is 0 Å². The summed E-state index contributed by atoms with van der Waals surface area (Å²) in [6, 6.07) is 0. The maximum Gasteiger partial charge on any atom is 0.191 e. The van der Waals surface area contributed by atoms with Crippen LogP contribution in [0.25, 0.3) is 0 Å².